The number of carbonyl (C=O) groups excluding carboxylic acids is 2. The van der Waals surface area contributed by atoms with Crippen molar-refractivity contribution in [3.8, 4) is 22.6 Å². The first-order valence-corrected chi connectivity index (χ1v) is 16.9. The average Bonchev–Trinajstić information content (AvgIpc) is 3.47. The average molecular weight is 677 g/mol. The van der Waals surface area contributed by atoms with Gasteiger partial charge in [-0.05, 0) is 85.2 Å². The van der Waals surface area contributed by atoms with Gasteiger partial charge in [-0.2, -0.15) is 5.10 Å². The van der Waals surface area contributed by atoms with E-state index in [1.54, 1.807) is 39.9 Å². The Morgan fingerprint density at radius 1 is 0.939 bits per heavy atom. The number of alkyl halides is 3. The molecular formula is C38H43F3N4O4. The Kier molecular flexibility index (Phi) is 11.4. The van der Waals surface area contributed by atoms with E-state index >= 15 is 0 Å². The molecule has 0 saturated heterocycles. The van der Waals surface area contributed by atoms with Crippen molar-refractivity contribution in [1.82, 2.24) is 19.6 Å². The van der Waals surface area contributed by atoms with E-state index in [4.69, 9.17) is 5.10 Å². The molecule has 3 aromatic carbocycles. The number of benzene rings is 3. The molecule has 5 rings (SSSR count). The summed E-state index contributed by atoms with van der Waals surface area (Å²) in [7, 11) is 0. The van der Waals surface area contributed by atoms with Crippen molar-refractivity contribution >= 4 is 11.8 Å². The lowest BCUT2D eigenvalue weighted by molar-refractivity contribution is -0.274. The molecule has 1 aromatic heterocycles. The molecule has 0 radical (unpaired) electrons. The zero-order valence-electron chi connectivity index (χ0n) is 28.2. The van der Waals surface area contributed by atoms with Crippen LogP contribution in [0.1, 0.15) is 83.6 Å². The molecule has 1 atom stereocenters. The number of nitrogens with zero attached hydrogens (tertiary/aromatic N) is 4. The third kappa shape index (κ3) is 8.51. The Hall–Kier alpha value is -4.64. The molecule has 2 heterocycles. The zero-order valence-corrected chi connectivity index (χ0v) is 28.2. The summed E-state index contributed by atoms with van der Waals surface area (Å²) in [6.45, 7) is 7.44. The van der Waals surface area contributed by atoms with Crippen LogP contribution in [0.4, 0.5) is 13.2 Å². The molecule has 8 nitrogen and oxygen atoms in total. The number of rotatable bonds is 13. The molecule has 0 spiro atoms. The van der Waals surface area contributed by atoms with Crippen molar-refractivity contribution in [2.45, 2.75) is 78.2 Å². The fraction of sp³-hybridized carbons (Fsp3) is 0.395. The quantitative estimate of drug-likeness (QED) is 0.157. The van der Waals surface area contributed by atoms with Crippen LogP contribution in [-0.4, -0.2) is 68.6 Å². The van der Waals surface area contributed by atoms with Gasteiger partial charge in [-0.15, -0.1) is 13.2 Å². The molecule has 260 valence electrons. The van der Waals surface area contributed by atoms with E-state index in [1.807, 2.05) is 36.1 Å². The minimum atomic E-state index is -4.86. The molecule has 1 N–H and O–H groups in total. The summed E-state index contributed by atoms with van der Waals surface area (Å²) in [5, 5.41) is 14.7. The fourth-order valence-electron chi connectivity index (χ4n) is 6.33. The predicted octanol–water partition coefficient (Wildman–Crippen LogP) is 7.74. The largest absolute Gasteiger partial charge is 0.573 e. The number of hydrogen-bond acceptors (Lipinski definition) is 5. The standard InChI is InChI=1S/C38H43F3N4O4/c1-4-6-18-43(19-7-5-2)37(48)34-21-26(3)45(42-34)35-16-15-29(28-13-10-14-32(23-28)49-38(39,40)41)24-33(35)36(47)44-25-30-12-9-8-11-27(30)22-31(44)17-20-46/h8-16,21,23-24,31,46H,4-7,17-20,22,25H2,1-3H3/t31-/m1/s1. The van der Waals surface area contributed by atoms with Crippen molar-refractivity contribution in [3.63, 3.8) is 0 Å². The number of unbranched alkanes of at least 4 members (excludes halogenated alkanes) is 2. The minimum absolute atomic E-state index is 0.105. The number of aromatic nitrogens is 2. The van der Waals surface area contributed by atoms with E-state index in [2.05, 4.69) is 18.6 Å². The normalized spacial score (nSPS) is 14.4. The summed E-state index contributed by atoms with van der Waals surface area (Å²) in [5.41, 5.74) is 4.66. The van der Waals surface area contributed by atoms with Crippen molar-refractivity contribution in [1.29, 1.82) is 0 Å². The lowest BCUT2D eigenvalue weighted by Gasteiger charge is -2.37. The fourth-order valence-corrected chi connectivity index (χ4v) is 6.33. The minimum Gasteiger partial charge on any atom is -0.406 e. The second kappa shape index (κ2) is 15.7. The van der Waals surface area contributed by atoms with E-state index in [1.165, 1.54) is 18.2 Å². The van der Waals surface area contributed by atoms with Crippen LogP contribution >= 0.6 is 0 Å². The van der Waals surface area contributed by atoms with Gasteiger partial charge in [0, 0.05) is 38.0 Å². The first-order valence-electron chi connectivity index (χ1n) is 16.9. The van der Waals surface area contributed by atoms with Gasteiger partial charge in [0.25, 0.3) is 11.8 Å². The van der Waals surface area contributed by atoms with E-state index < -0.39 is 6.36 Å². The molecule has 0 fully saturated rings. The Labute approximate surface area is 285 Å². The van der Waals surface area contributed by atoms with Crippen LogP contribution in [0, 0.1) is 6.92 Å². The molecule has 49 heavy (non-hydrogen) atoms. The van der Waals surface area contributed by atoms with Crippen LogP contribution in [0.5, 0.6) is 5.75 Å². The zero-order chi connectivity index (χ0) is 35.1. The van der Waals surface area contributed by atoms with E-state index in [9.17, 15) is 27.9 Å². The highest BCUT2D eigenvalue weighted by atomic mass is 19.4. The maximum atomic E-state index is 14.7. The number of aliphatic hydroxyl groups is 1. The number of fused-ring (bicyclic) bond motifs is 1. The summed E-state index contributed by atoms with van der Waals surface area (Å²) in [4.78, 5) is 31.9. The van der Waals surface area contributed by atoms with Crippen molar-refractivity contribution in [3.05, 3.63) is 101 Å². The van der Waals surface area contributed by atoms with Gasteiger partial charge >= 0.3 is 6.36 Å². The van der Waals surface area contributed by atoms with E-state index in [-0.39, 0.29) is 41.5 Å². The molecular weight excluding hydrogens is 633 g/mol. The van der Waals surface area contributed by atoms with Crippen LogP contribution in [-0.2, 0) is 13.0 Å². The molecule has 1 aliphatic rings. The highest BCUT2D eigenvalue weighted by Crippen LogP contribution is 2.33. The molecule has 0 aliphatic carbocycles. The van der Waals surface area contributed by atoms with Crippen LogP contribution in [0.25, 0.3) is 16.8 Å². The highest BCUT2D eigenvalue weighted by Gasteiger charge is 2.33. The highest BCUT2D eigenvalue weighted by molar-refractivity contribution is 6.00. The van der Waals surface area contributed by atoms with Crippen molar-refractivity contribution in [2.24, 2.45) is 0 Å². The summed E-state index contributed by atoms with van der Waals surface area (Å²) in [6.07, 6.45) is -0.270. The summed E-state index contributed by atoms with van der Waals surface area (Å²) in [5.74, 6) is -0.868. The van der Waals surface area contributed by atoms with E-state index in [0.717, 1.165) is 36.8 Å². The molecule has 0 saturated carbocycles. The Balaban J connectivity index is 1.60. The molecule has 4 aromatic rings. The van der Waals surface area contributed by atoms with Gasteiger partial charge in [0.1, 0.15) is 5.75 Å². The van der Waals surface area contributed by atoms with E-state index in [0.29, 0.717) is 55.0 Å². The Morgan fingerprint density at radius 3 is 2.31 bits per heavy atom. The lowest BCUT2D eigenvalue weighted by atomic mass is 9.91. The smallest absolute Gasteiger partial charge is 0.406 e. The second-order valence-corrected chi connectivity index (χ2v) is 12.5. The second-order valence-electron chi connectivity index (χ2n) is 12.5. The number of ether oxygens (including phenoxy) is 1. The van der Waals surface area contributed by atoms with Crippen LogP contribution in [0.2, 0.25) is 0 Å². The van der Waals surface area contributed by atoms with Gasteiger partial charge in [0.15, 0.2) is 5.69 Å². The molecule has 11 heteroatoms. The third-order valence-electron chi connectivity index (χ3n) is 8.89. The lowest BCUT2D eigenvalue weighted by Crippen LogP contribution is -2.45. The molecule has 2 amide bonds. The van der Waals surface area contributed by atoms with Gasteiger partial charge in [-0.1, -0.05) is 69.2 Å². The summed E-state index contributed by atoms with van der Waals surface area (Å²) < 4.78 is 44.9. The topological polar surface area (TPSA) is 87.9 Å². The van der Waals surface area contributed by atoms with Gasteiger partial charge in [0.2, 0.25) is 0 Å². The van der Waals surface area contributed by atoms with Crippen LogP contribution in [0.3, 0.4) is 0 Å². The van der Waals surface area contributed by atoms with Crippen molar-refractivity contribution in [2.75, 3.05) is 19.7 Å². The van der Waals surface area contributed by atoms with Crippen LogP contribution < -0.4 is 4.74 Å². The number of halogens is 3. The first kappa shape index (κ1) is 35.7. The van der Waals surface area contributed by atoms with Gasteiger partial charge in [-0.3, -0.25) is 9.59 Å². The monoisotopic (exact) mass is 676 g/mol. The molecule has 0 unspecified atom stereocenters. The van der Waals surface area contributed by atoms with Crippen LogP contribution in [0.15, 0.2) is 72.8 Å². The number of amides is 2. The number of hydrogen-bond donors (Lipinski definition) is 1. The summed E-state index contributed by atoms with van der Waals surface area (Å²) in [6, 6.07) is 20.0. The molecule has 1 aliphatic heterocycles. The number of carbonyl (C=O) groups is 2. The molecule has 0 bridgehead atoms. The van der Waals surface area contributed by atoms with Gasteiger partial charge < -0.3 is 19.6 Å². The Morgan fingerprint density at radius 2 is 1.63 bits per heavy atom. The van der Waals surface area contributed by atoms with Gasteiger partial charge in [-0.25, -0.2) is 4.68 Å². The third-order valence-corrected chi connectivity index (χ3v) is 8.89. The Bertz CT molecular complexity index is 1760. The summed E-state index contributed by atoms with van der Waals surface area (Å²) >= 11 is 0. The SMILES string of the molecule is CCCCN(CCCC)C(=O)c1cc(C)n(-c2ccc(-c3cccc(OC(F)(F)F)c3)cc2C(=O)N2Cc3ccccc3C[C@H]2CCO)n1. The van der Waals surface area contributed by atoms with Crippen molar-refractivity contribution < 1.29 is 32.6 Å². The predicted molar refractivity (Wildman–Crippen MR) is 182 cm³/mol. The first-order chi connectivity index (χ1) is 23.5. The maximum absolute atomic E-state index is 14.7. The van der Waals surface area contributed by atoms with Gasteiger partial charge in [0.05, 0.1) is 11.3 Å². The maximum Gasteiger partial charge on any atom is 0.573 e. The number of aryl methyl sites for hydroxylation is 1. The number of aliphatic hydroxyl groups excluding tert-OH is 1.